The van der Waals surface area contributed by atoms with E-state index in [-0.39, 0.29) is 18.6 Å². The largest absolute Gasteiger partial charge is 0.480 e. The number of aliphatic hydroxyl groups excluding tert-OH is 1. The second-order valence-electron chi connectivity index (χ2n) is 4.19. The van der Waals surface area contributed by atoms with Crippen LogP contribution in [0.2, 0.25) is 0 Å². The van der Waals surface area contributed by atoms with Gasteiger partial charge in [0.1, 0.15) is 5.41 Å². The number of carbonyl (C=O) groups excluding carboxylic acids is 1. The van der Waals surface area contributed by atoms with Crippen LogP contribution in [0, 0.1) is 5.41 Å². The zero-order valence-electron chi connectivity index (χ0n) is 9.06. The molecular formula is C10H17NO4. The summed E-state index contributed by atoms with van der Waals surface area (Å²) in [6.07, 6.45) is 1.59. The van der Waals surface area contributed by atoms with Crippen LogP contribution in [0.15, 0.2) is 0 Å². The normalized spacial score (nSPS) is 20.2. The summed E-state index contributed by atoms with van der Waals surface area (Å²) in [5.74, 6) is -1.43. The molecule has 0 heterocycles. The number of carbonyl (C=O) groups is 2. The highest BCUT2D eigenvalue weighted by molar-refractivity contribution is 6.02. The molecule has 15 heavy (non-hydrogen) atoms. The van der Waals surface area contributed by atoms with E-state index in [1.165, 1.54) is 11.9 Å². The van der Waals surface area contributed by atoms with Crippen LogP contribution in [0.3, 0.4) is 0 Å². The lowest BCUT2D eigenvalue weighted by Crippen LogP contribution is -2.54. The molecule has 1 aliphatic carbocycles. The maximum Gasteiger partial charge on any atom is 0.319 e. The first kappa shape index (κ1) is 12.0. The highest BCUT2D eigenvalue weighted by atomic mass is 16.4. The average Bonchev–Trinajstić information content (AvgIpc) is 2.12. The molecule has 86 valence electrons. The molecule has 1 unspecified atom stereocenters. The maximum absolute atomic E-state index is 11.9. The molecule has 1 saturated carbocycles. The summed E-state index contributed by atoms with van der Waals surface area (Å²) in [4.78, 5) is 24.3. The summed E-state index contributed by atoms with van der Waals surface area (Å²) in [6, 6.07) is -0.339. The summed E-state index contributed by atoms with van der Waals surface area (Å²) in [5.41, 5.74) is -1.22. The molecule has 1 fully saturated rings. The van der Waals surface area contributed by atoms with E-state index >= 15 is 0 Å². The Hall–Kier alpha value is -1.10. The molecule has 0 aliphatic heterocycles. The van der Waals surface area contributed by atoms with E-state index in [4.69, 9.17) is 10.2 Å². The van der Waals surface area contributed by atoms with Crippen LogP contribution in [-0.4, -0.2) is 46.7 Å². The molecule has 0 radical (unpaired) electrons. The molecule has 0 aromatic rings. The third-order valence-electron chi connectivity index (χ3n) is 3.27. The molecular weight excluding hydrogens is 198 g/mol. The smallest absolute Gasteiger partial charge is 0.319 e. The fourth-order valence-corrected chi connectivity index (χ4v) is 1.71. The second-order valence-corrected chi connectivity index (χ2v) is 4.19. The Balaban J connectivity index is 2.78. The summed E-state index contributed by atoms with van der Waals surface area (Å²) >= 11 is 0. The molecule has 0 bridgehead atoms. The van der Waals surface area contributed by atoms with Crippen molar-refractivity contribution in [1.29, 1.82) is 0 Å². The standard InChI is InChI=1S/C10H17NO4/c1-7(6-12)11(2)8(13)10(9(14)15)4-3-5-10/h7,12H,3-6H2,1-2H3,(H,14,15). The quantitative estimate of drug-likeness (QED) is 0.651. The van der Waals surface area contributed by atoms with Crippen molar-refractivity contribution in [2.24, 2.45) is 5.41 Å². The Morgan fingerprint density at radius 1 is 1.47 bits per heavy atom. The van der Waals surface area contributed by atoms with E-state index in [9.17, 15) is 9.59 Å². The van der Waals surface area contributed by atoms with Crippen LogP contribution in [0.25, 0.3) is 0 Å². The summed E-state index contributed by atoms with van der Waals surface area (Å²) in [7, 11) is 1.53. The fraction of sp³-hybridized carbons (Fsp3) is 0.800. The highest BCUT2D eigenvalue weighted by Crippen LogP contribution is 2.42. The molecule has 2 N–H and O–H groups in total. The number of rotatable bonds is 4. The van der Waals surface area contributed by atoms with Crippen molar-refractivity contribution < 1.29 is 19.8 Å². The van der Waals surface area contributed by atoms with Crippen molar-refractivity contribution in [2.75, 3.05) is 13.7 Å². The van der Waals surface area contributed by atoms with Gasteiger partial charge >= 0.3 is 5.97 Å². The topological polar surface area (TPSA) is 77.8 Å². The first-order valence-electron chi connectivity index (χ1n) is 5.07. The first-order valence-corrected chi connectivity index (χ1v) is 5.07. The van der Waals surface area contributed by atoms with Crippen LogP contribution in [0.4, 0.5) is 0 Å². The Labute approximate surface area is 88.7 Å². The Morgan fingerprint density at radius 3 is 2.27 bits per heavy atom. The molecule has 0 aromatic heterocycles. The van der Waals surface area contributed by atoms with E-state index < -0.39 is 11.4 Å². The summed E-state index contributed by atoms with van der Waals surface area (Å²) < 4.78 is 0. The zero-order chi connectivity index (χ0) is 11.6. The van der Waals surface area contributed by atoms with Gasteiger partial charge in [0.05, 0.1) is 12.6 Å². The number of likely N-dealkylation sites (N-methyl/N-ethyl adjacent to an activating group) is 1. The minimum absolute atomic E-state index is 0.155. The molecule has 0 saturated heterocycles. The second kappa shape index (κ2) is 4.18. The van der Waals surface area contributed by atoms with Gasteiger partial charge < -0.3 is 15.1 Å². The van der Waals surface area contributed by atoms with Gasteiger partial charge in [-0.25, -0.2) is 0 Å². The highest BCUT2D eigenvalue weighted by Gasteiger charge is 2.52. The van der Waals surface area contributed by atoms with Gasteiger partial charge in [-0.3, -0.25) is 9.59 Å². The van der Waals surface area contributed by atoms with E-state index in [2.05, 4.69) is 0 Å². The SMILES string of the molecule is CC(CO)N(C)C(=O)C1(C(=O)O)CCC1. The minimum Gasteiger partial charge on any atom is -0.480 e. The van der Waals surface area contributed by atoms with Crippen molar-refractivity contribution in [3.05, 3.63) is 0 Å². The average molecular weight is 215 g/mol. The van der Waals surface area contributed by atoms with Crippen molar-refractivity contribution >= 4 is 11.9 Å². The number of hydrogen-bond acceptors (Lipinski definition) is 3. The molecule has 1 amide bonds. The number of aliphatic carboxylic acids is 1. The molecule has 5 heteroatoms. The number of carboxylic acid groups (broad SMARTS) is 1. The monoisotopic (exact) mass is 215 g/mol. The summed E-state index contributed by atoms with van der Waals surface area (Å²) in [6.45, 7) is 1.53. The van der Waals surface area contributed by atoms with E-state index in [1.54, 1.807) is 6.92 Å². The van der Waals surface area contributed by atoms with Gasteiger partial charge in [-0.15, -0.1) is 0 Å². The van der Waals surface area contributed by atoms with Gasteiger partial charge in [-0.1, -0.05) is 6.42 Å². The lowest BCUT2D eigenvalue weighted by Gasteiger charge is -2.40. The van der Waals surface area contributed by atoms with Crippen LogP contribution in [-0.2, 0) is 9.59 Å². The van der Waals surface area contributed by atoms with Gasteiger partial charge in [-0.05, 0) is 19.8 Å². The Kier molecular flexibility index (Phi) is 3.34. The van der Waals surface area contributed by atoms with Crippen LogP contribution in [0.5, 0.6) is 0 Å². The summed E-state index contributed by atoms with van der Waals surface area (Å²) in [5, 5.41) is 18.0. The number of hydrogen-bond donors (Lipinski definition) is 2. The number of carboxylic acids is 1. The molecule has 5 nitrogen and oxygen atoms in total. The minimum atomic E-state index is -1.22. The Morgan fingerprint density at radius 2 is 2.00 bits per heavy atom. The third-order valence-corrected chi connectivity index (χ3v) is 3.27. The van der Waals surface area contributed by atoms with Crippen LogP contribution in [0.1, 0.15) is 26.2 Å². The first-order chi connectivity index (χ1) is 6.95. The van der Waals surface area contributed by atoms with Gasteiger partial charge in [0, 0.05) is 7.05 Å². The van der Waals surface area contributed by atoms with E-state index in [0.29, 0.717) is 12.8 Å². The predicted molar refractivity (Wildman–Crippen MR) is 53.2 cm³/mol. The molecule has 1 atom stereocenters. The molecule has 0 spiro atoms. The number of aliphatic hydroxyl groups is 1. The molecule has 1 rings (SSSR count). The number of nitrogens with zero attached hydrogens (tertiary/aromatic N) is 1. The maximum atomic E-state index is 11.9. The van der Waals surface area contributed by atoms with Gasteiger partial charge in [0.15, 0.2) is 0 Å². The van der Waals surface area contributed by atoms with E-state index in [1.807, 2.05) is 0 Å². The van der Waals surface area contributed by atoms with Crippen LogP contribution < -0.4 is 0 Å². The lowest BCUT2D eigenvalue weighted by atomic mass is 9.67. The lowest BCUT2D eigenvalue weighted by molar-refractivity contribution is -0.168. The van der Waals surface area contributed by atoms with Crippen molar-refractivity contribution in [1.82, 2.24) is 4.90 Å². The van der Waals surface area contributed by atoms with Crippen molar-refractivity contribution in [2.45, 2.75) is 32.2 Å². The third kappa shape index (κ3) is 1.84. The molecule has 0 aromatic carbocycles. The van der Waals surface area contributed by atoms with E-state index in [0.717, 1.165) is 6.42 Å². The Bertz CT molecular complexity index is 273. The van der Waals surface area contributed by atoms with Crippen molar-refractivity contribution in [3.8, 4) is 0 Å². The predicted octanol–water partition coefficient (Wildman–Crippen LogP) is 0.0805. The number of amides is 1. The molecule has 1 aliphatic rings. The zero-order valence-corrected chi connectivity index (χ0v) is 9.06. The van der Waals surface area contributed by atoms with Gasteiger partial charge in [-0.2, -0.15) is 0 Å². The fourth-order valence-electron chi connectivity index (χ4n) is 1.71. The van der Waals surface area contributed by atoms with Gasteiger partial charge in [0.25, 0.3) is 0 Å². The van der Waals surface area contributed by atoms with Crippen molar-refractivity contribution in [3.63, 3.8) is 0 Å². The van der Waals surface area contributed by atoms with Gasteiger partial charge in [0.2, 0.25) is 5.91 Å². The van der Waals surface area contributed by atoms with Crippen LogP contribution >= 0.6 is 0 Å².